The van der Waals surface area contributed by atoms with Gasteiger partial charge in [-0.3, -0.25) is 4.40 Å². The molecule has 0 amide bonds. The number of aromatic nitrogens is 2. The maximum Gasteiger partial charge on any atom is 0.146 e. The van der Waals surface area contributed by atoms with Crippen LogP contribution in [0.2, 0.25) is 0 Å². The van der Waals surface area contributed by atoms with Crippen molar-refractivity contribution in [3.8, 4) is 11.3 Å². The molecule has 2 fully saturated rings. The second-order valence-corrected chi connectivity index (χ2v) is 11.1. The third-order valence-electron chi connectivity index (χ3n) is 9.77. The number of aryl methyl sites for hydroxylation is 1. The fourth-order valence-electron chi connectivity index (χ4n) is 8.53. The molecule has 0 bridgehead atoms. The van der Waals surface area contributed by atoms with E-state index < -0.39 is 0 Å². The van der Waals surface area contributed by atoms with Crippen LogP contribution in [0.1, 0.15) is 68.2 Å². The van der Waals surface area contributed by atoms with Crippen LogP contribution in [-0.4, -0.2) is 9.38 Å². The summed E-state index contributed by atoms with van der Waals surface area (Å²) in [7, 11) is 0. The molecular weight excluding hydrogens is 412 g/mol. The lowest BCUT2D eigenvalue weighted by molar-refractivity contribution is 0.0746. The number of nitrogens with zero attached hydrogens (tertiary/aromatic N) is 2. The molecule has 3 aromatic carbocycles. The Morgan fingerprint density at radius 2 is 1.38 bits per heavy atom. The Balaban J connectivity index is 1.69. The van der Waals surface area contributed by atoms with Gasteiger partial charge in [0.1, 0.15) is 5.65 Å². The Hall–Kier alpha value is -3.13. The number of imidazole rings is 1. The molecule has 0 radical (unpaired) electrons. The lowest BCUT2D eigenvalue weighted by Gasteiger charge is -2.59. The summed E-state index contributed by atoms with van der Waals surface area (Å²) < 4.78 is 2.65. The predicted octanol–water partition coefficient (Wildman–Crippen LogP) is 8.25. The summed E-state index contributed by atoms with van der Waals surface area (Å²) in [5, 5.41) is 4.09. The van der Waals surface area contributed by atoms with Gasteiger partial charge in [-0.2, -0.15) is 0 Å². The van der Waals surface area contributed by atoms with E-state index in [-0.39, 0.29) is 10.8 Å². The van der Waals surface area contributed by atoms with Crippen LogP contribution in [0.4, 0.5) is 0 Å². The summed E-state index contributed by atoms with van der Waals surface area (Å²) in [6, 6.07) is 25.0. The molecule has 1 aliphatic heterocycles. The summed E-state index contributed by atoms with van der Waals surface area (Å²) >= 11 is 0. The summed E-state index contributed by atoms with van der Waals surface area (Å²) in [6.45, 7) is 2.25. The highest BCUT2D eigenvalue weighted by molar-refractivity contribution is 6.14. The Bertz CT molecular complexity index is 1610. The van der Waals surface area contributed by atoms with Gasteiger partial charge < -0.3 is 0 Å². The van der Waals surface area contributed by atoms with Crippen LogP contribution in [0.25, 0.3) is 38.6 Å². The second-order valence-electron chi connectivity index (χ2n) is 11.1. The van der Waals surface area contributed by atoms with Crippen molar-refractivity contribution in [2.45, 2.75) is 69.1 Å². The molecule has 2 heteroatoms. The number of benzene rings is 3. The van der Waals surface area contributed by atoms with Crippen LogP contribution in [-0.2, 0) is 10.8 Å². The smallest absolute Gasteiger partial charge is 0.146 e. The molecule has 2 saturated carbocycles. The summed E-state index contributed by atoms with van der Waals surface area (Å²) in [5.41, 5.74) is 10.0. The Kier molecular flexibility index (Phi) is 3.67. The van der Waals surface area contributed by atoms with Gasteiger partial charge in [0.25, 0.3) is 0 Å². The van der Waals surface area contributed by atoms with Crippen molar-refractivity contribution < 1.29 is 0 Å². The normalized spacial score (nSPS) is 25.7. The van der Waals surface area contributed by atoms with Crippen LogP contribution >= 0.6 is 0 Å². The van der Waals surface area contributed by atoms with Gasteiger partial charge >= 0.3 is 0 Å². The molecule has 0 saturated heterocycles. The molecule has 168 valence electrons. The van der Waals surface area contributed by atoms with Crippen molar-refractivity contribution >= 4 is 27.3 Å². The number of rotatable bonds is 1. The van der Waals surface area contributed by atoms with Crippen molar-refractivity contribution in [1.82, 2.24) is 9.38 Å². The van der Waals surface area contributed by atoms with Gasteiger partial charge in [0, 0.05) is 27.2 Å². The standard InChI is InChI=1S/C32H30N2/c1-21-11-9-14-23-24-15-10-16-25-28(24)34-29(32-19-7-5-17-31(25,32)18-6-8-20-32)27(33-30(34)26(21)23)22-12-3-2-4-13-22/h2-4,9-16H,5-8,17-20H2,1H3. The van der Waals surface area contributed by atoms with Gasteiger partial charge in [-0.05, 0) is 49.1 Å². The van der Waals surface area contributed by atoms with Gasteiger partial charge in [-0.1, -0.05) is 92.4 Å². The zero-order valence-electron chi connectivity index (χ0n) is 19.9. The molecule has 5 aromatic rings. The van der Waals surface area contributed by atoms with Crippen molar-refractivity contribution in [2.24, 2.45) is 0 Å². The average Bonchev–Trinajstić information content (AvgIpc) is 3.30. The molecule has 2 nitrogen and oxygen atoms in total. The lowest BCUT2D eigenvalue weighted by Crippen LogP contribution is -2.56. The maximum absolute atomic E-state index is 5.56. The molecule has 34 heavy (non-hydrogen) atoms. The van der Waals surface area contributed by atoms with E-state index in [2.05, 4.69) is 78.1 Å². The number of hydrogen-bond acceptors (Lipinski definition) is 1. The van der Waals surface area contributed by atoms with E-state index in [1.165, 1.54) is 101 Å². The van der Waals surface area contributed by atoms with Gasteiger partial charge in [-0.25, -0.2) is 4.98 Å². The first-order chi connectivity index (χ1) is 16.8. The zero-order valence-corrected chi connectivity index (χ0v) is 19.9. The summed E-state index contributed by atoms with van der Waals surface area (Å²) in [6.07, 6.45) is 10.6. The fraction of sp³-hybridized carbons (Fsp3) is 0.344. The first kappa shape index (κ1) is 19.2. The summed E-state index contributed by atoms with van der Waals surface area (Å²) in [5.74, 6) is 0. The van der Waals surface area contributed by atoms with Crippen LogP contribution in [0.3, 0.4) is 0 Å². The molecule has 0 atom stereocenters. The van der Waals surface area contributed by atoms with E-state index in [4.69, 9.17) is 4.98 Å². The number of pyridine rings is 1. The van der Waals surface area contributed by atoms with Gasteiger partial charge in [-0.15, -0.1) is 0 Å². The van der Waals surface area contributed by atoms with Crippen molar-refractivity contribution in [2.75, 3.05) is 0 Å². The largest absolute Gasteiger partial charge is 0.295 e. The number of para-hydroxylation sites is 1. The van der Waals surface area contributed by atoms with E-state index >= 15 is 0 Å². The minimum atomic E-state index is 0.186. The molecule has 0 N–H and O–H groups in total. The van der Waals surface area contributed by atoms with Gasteiger partial charge in [0.2, 0.25) is 0 Å². The first-order valence-corrected chi connectivity index (χ1v) is 13.2. The Labute approximate surface area is 200 Å². The molecule has 0 unspecified atom stereocenters. The molecule has 2 aliphatic carbocycles. The van der Waals surface area contributed by atoms with Crippen LogP contribution in [0.15, 0.2) is 66.7 Å². The highest BCUT2D eigenvalue weighted by Crippen LogP contribution is 2.65. The number of hydrogen-bond donors (Lipinski definition) is 0. The average molecular weight is 443 g/mol. The zero-order chi connectivity index (χ0) is 22.5. The Morgan fingerprint density at radius 1 is 0.706 bits per heavy atom. The molecule has 3 aliphatic rings. The minimum Gasteiger partial charge on any atom is -0.295 e. The molecule has 2 aromatic heterocycles. The topological polar surface area (TPSA) is 17.3 Å². The molecule has 0 spiro atoms. The monoisotopic (exact) mass is 442 g/mol. The molecule has 3 heterocycles. The molecular formula is C32H30N2. The quantitative estimate of drug-likeness (QED) is 0.239. The van der Waals surface area contributed by atoms with E-state index in [0.717, 1.165) is 0 Å². The lowest BCUT2D eigenvalue weighted by atomic mass is 9.45. The maximum atomic E-state index is 5.56. The summed E-state index contributed by atoms with van der Waals surface area (Å²) in [4.78, 5) is 5.56. The van der Waals surface area contributed by atoms with Gasteiger partial charge in [0.15, 0.2) is 0 Å². The molecule has 8 rings (SSSR count). The predicted molar refractivity (Wildman–Crippen MR) is 141 cm³/mol. The highest BCUT2D eigenvalue weighted by atomic mass is 15.1. The van der Waals surface area contributed by atoms with E-state index in [0.29, 0.717) is 0 Å². The highest BCUT2D eigenvalue weighted by Gasteiger charge is 2.60. The van der Waals surface area contributed by atoms with E-state index in [1.807, 2.05) is 0 Å². The minimum absolute atomic E-state index is 0.186. The van der Waals surface area contributed by atoms with Crippen molar-refractivity contribution in [1.29, 1.82) is 0 Å². The number of fused-ring (bicyclic) bond motifs is 3. The van der Waals surface area contributed by atoms with Crippen LogP contribution < -0.4 is 0 Å². The van der Waals surface area contributed by atoms with Gasteiger partial charge in [0.05, 0.1) is 16.9 Å². The SMILES string of the molecule is Cc1cccc2c3cccc4c3n3c(c(-c5ccccc5)nc3c12)C12CCCCC41CCCC2. The van der Waals surface area contributed by atoms with E-state index in [1.54, 1.807) is 5.56 Å². The fourth-order valence-corrected chi connectivity index (χ4v) is 8.53. The van der Waals surface area contributed by atoms with Crippen LogP contribution in [0.5, 0.6) is 0 Å². The third-order valence-corrected chi connectivity index (χ3v) is 9.77. The Morgan fingerprint density at radius 3 is 2.15 bits per heavy atom. The van der Waals surface area contributed by atoms with Crippen molar-refractivity contribution in [3.63, 3.8) is 0 Å². The first-order valence-electron chi connectivity index (χ1n) is 13.2. The second kappa shape index (κ2) is 6.50. The van der Waals surface area contributed by atoms with Crippen molar-refractivity contribution in [3.05, 3.63) is 83.6 Å². The van der Waals surface area contributed by atoms with E-state index in [9.17, 15) is 0 Å². The van der Waals surface area contributed by atoms with Crippen LogP contribution in [0, 0.1) is 6.92 Å². The third kappa shape index (κ3) is 2.08.